The maximum atomic E-state index is 12.7. The summed E-state index contributed by atoms with van der Waals surface area (Å²) in [4.78, 5) is 27.9. The van der Waals surface area contributed by atoms with Gasteiger partial charge in [-0.05, 0) is 35.9 Å². The lowest BCUT2D eigenvalue weighted by Gasteiger charge is -2.12. The Bertz CT molecular complexity index is 1350. The second-order valence-corrected chi connectivity index (χ2v) is 7.43. The molecule has 0 radical (unpaired) electrons. The second kappa shape index (κ2) is 9.26. The lowest BCUT2D eigenvalue weighted by molar-refractivity contribution is -0.274. The highest BCUT2D eigenvalue weighted by molar-refractivity contribution is 5.95. The summed E-state index contributed by atoms with van der Waals surface area (Å²) >= 11 is 0. The van der Waals surface area contributed by atoms with E-state index < -0.39 is 12.3 Å². The lowest BCUT2D eigenvalue weighted by Crippen LogP contribution is -2.22. The zero-order chi connectivity index (χ0) is 24.3. The number of imidazole rings is 1. The minimum atomic E-state index is -4.80. The van der Waals surface area contributed by atoms with E-state index in [9.17, 15) is 22.8 Å². The molecule has 0 aliphatic rings. The van der Waals surface area contributed by atoms with E-state index in [0.717, 1.165) is 5.56 Å². The molecule has 7 nitrogen and oxygen atoms in total. The van der Waals surface area contributed by atoms with E-state index >= 15 is 0 Å². The SMILES string of the molecule is O=C(O)c1ccc(CNC(=O)c2ccn3cc(Cc4ccccc4OC(F)(F)F)nc3c2)cc1. The van der Waals surface area contributed by atoms with Gasteiger partial charge in [0.15, 0.2) is 0 Å². The van der Waals surface area contributed by atoms with Gasteiger partial charge in [-0.25, -0.2) is 9.78 Å². The lowest BCUT2D eigenvalue weighted by atomic mass is 10.1. The van der Waals surface area contributed by atoms with Crippen LogP contribution in [0.15, 0.2) is 73.1 Å². The predicted octanol–water partition coefficient (Wildman–Crippen LogP) is 4.45. The van der Waals surface area contributed by atoms with Crippen LogP contribution in [-0.4, -0.2) is 32.7 Å². The van der Waals surface area contributed by atoms with Crippen LogP contribution in [0.1, 0.15) is 37.5 Å². The molecule has 0 saturated carbocycles. The molecule has 0 aliphatic carbocycles. The highest BCUT2D eigenvalue weighted by atomic mass is 19.4. The van der Waals surface area contributed by atoms with Crippen LogP contribution in [0.25, 0.3) is 5.65 Å². The molecule has 0 spiro atoms. The Morgan fingerprint density at radius 1 is 1.03 bits per heavy atom. The molecular formula is C24H18F3N3O4. The molecule has 174 valence electrons. The van der Waals surface area contributed by atoms with E-state index in [2.05, 4.69) is 15.0 Å². The maximum Gasteiger partial charge on any atom is 0.573 e. The first-order valence-corrected chi connectivity index (χ1v) is 10.1. The standard InChI is InChI=1S/C24H18F3N3O4/c25-24(26,27)34-20-4-2-1-3-17(20)11-19-14-30-10-9-18(12-21(30)29-19)22(31)28-13-15-5-7-16(8-6-15)23(32)33/h1-10,12,14H,11,13H2,(H,28,31)(H,32,33). The molecule has 0 bridgehead atoms. The van der Waals surface area contributed by atoms with E-state index in [4.69, 9.17) is 5.11 Å². The fraction of sp³-hybridized carbons (Fsp3) is 0.125. The van der Waals surface area contributed by atoms with Crippen LogP contribution in [0.2, 0.25) is 0 Å². The summed E-state index contributed by atoms with van der Waals surface area (Å²) in [6, 6.07) is 15.2. The number of carbonyl (C=O) groups is 2. The molecule has 2 N–H and O–H groups in total. The number of nitrogens with one attached hydrogen (secondary N) is 1. The summed E-state index contributed by atoms with van der Waals surface area (Å²) in [6.45, 7) is 0.208. The number of aromatic nitrogens is 2. The Balaban J connectivity index is 1.46. The van der Waals surface area contributed by atoms with Crippen molar-refractivity contribution in [2.45, 2.75) is 19.3 Å². The number of alkyl halides is 3. The van der Waals surface area contributed by atoms with E-state index in [0.29, 0.717) is 22.5 Å². The van der Waals surface area contributed by atoms with E-state index in [1.54, 1.807) is 47.1 Å². The van der Waals surface area contributed by atoms with Crippen molar-refractivity contribution in [2.24, 2.45) is 0 Å². The molecule has 1 amide bonds. The molecule has 0 atom stereocenters. The zero-order valence-electron chi connectivity index (χ0n) is 17.5. The average Bonchev–Trinajstić information content (AvgIpc) is 3.19. The number of para-hydroxylation sites is 1. The number of hydrogen-bond donors (Lipinski definition) is 2. The number of rotatable bonds is 7. The number of aromatic carboxylic acids is 1. The molecule has 2 aromatic carbocycles. The molecular weight excluding hydrogens is 451 g/mol. The van der Waals surface area contributed by atoms with Gasteiger partial charge in [-0.1, -0.05) is 30.3 Å². The minimum absolute atomic E-state index is 0.113. The molecule has 2 aromatic heterocycles. The number of hydrogen-bond acceptors (Lipinski definition) is 4. The Kier molecular flexibility index (Phi) is 6.22. The third-order valence-corrected chi connectivity index (χ3v) is 5.00. The second-order valence-electron chi connectivity index (χ2n) is 7.43. The monoisotopic (exact) mass is 469 g/mol. The van der Waals surface area contributed by atoms with Crippen LogP contribution in [-0.2, 0) is 13.0 Å². The first kappa shape index (κ1) is 22.8. The number of amides is 1. The van der Waals surface area contributed by atoms with Gasteiger partial charge in [0.05, 0.1) is 11.3 Å². The minimum Gasteiger partial charge on any atom is -0.478 e. The van der Waals surface area contributed by atoms with Crippen LogP contribution < -0.4 is 10.1 Å². The number of carboxylic acid groups (broad SMARTS) is 1. The van der Waals surface area contributed by atoms with Crippen LogP contribution in [0.4, 0.5) is 13.2 Å². The van der Waals surface area contributed by atoms with Gasteiger partial charge in [-0.15, -0.1) is 13.2 Å². The van der Waals surface area contributed by atoms with Gasteiger partial charge >= 0.3 is 12.3 Å². The molecule has 10 heteroatoms. The summed E-state index contributed by atoms with van der Waals surface area (Å²) in [5, 5.41) is 11.7. The summed E-state index contributed by atoms with van der Waals surface area (Å²) in [6.07, 6.45) is -1.37. The fourth-order valence-electron chi connectivity index (χ4n) is 3.38. The molecule has 0 fully saturated rings. The Morgan fingerprint density at radius 3 is 2.47 bits per heavy atom. The fourth-order valence-corrected chi connectivity index (χ4v) is 3.38. The van der Waals surface area contributed by atoms with Crippen molar-refractivity contribution in [3.05, 3.63) is 101 Å². The van der Waals surface area contributed by atoms with Gasteiger partial charge in [-0.3, -0.25) is 4.79 Å². The Labute approximate surface area is 191 Å². The van der Waals surface area contributed by atoms with Crippen LogP contribution in [0.5, 0.6) is 5.75 Å². The van der Waals surface area contributed by atoms with E-state index in [1.807, 2.05) is 0 Å². The number of halogens is 3. The zero-order valence-corrected chi connectivity index (χ0v) is 17.5. The van der Waals surface area contributed by atoms with Crippen molar-refractivity contribution in [3.8, 4) is 5.75 Å². The Morgan fingerprint density at radius 2 is 1.76 bits per heavy atom. The topological polar surface area (TPSA) is 92.9 Å². The summed E-state index contributed by atoms with van der Waals surface area (Å²) in [7, 11) is 0. The maximum absolute atomic E-state index is 12.7. The van der Waals surface area contributed by atoms with Gasteiger partial charge in [-0.2, -0.15) is 0 Å². The first-order valence-electron chi connectivity index (χ1n) is 10.1. The van der Waals surface area contributed by atoms with Crippen LogP contribution in [0, 0.1) is 0 Å². The molecule has 34 heavy (non-hydrogen) atoms. The van der Waals surface area contributed by atoms with Gasteiger partial charge in [0.1, 0.15) is 11.4 Å². The molecule has 0 saturated heterocycles. The summed E-state index contributed by atoms with van der Waals surface area (Å²) < 4.78 is 43.8. The van der Waals surface area contributed by atoms with Crippen molar-refractivity contribution in [3.63, 3.8) is 0 Å². The number of benzene rings is 2. The summed E-state index contributed by atoms with van der Waals surface area (Å²) in [5.41, 5.74) is 2.55. The number of ether oxygens (including phenoxy) is 1. The first-order chi connectivity index (χ1) is 16.2. The average molecular weight is 469 g/mol. The third-order valence-electron chi connectivity index (χ3n) is 5.00. The third kappa shape index (κ3) is 5.52. The molecule has 4 aromatic rings. The van der Waals surface area contributed by atoms with Gasteiger partial charge in [0, 0.05) is 36.5 Å². The van der Waals surface area contributed by atoms with Gasteiger partial charge < -0.3 is 19.6 Å². The number of carboxylic acids is 1. The van der Waals surface area contributed by atoms with Crippen molar-refractivity contribution in [1.29, 1.82) is 0 Å². The van der Waals surface area contributed by atoms with Gasteiger partial charge in [0.25, 0.3) is 5.91 Å². The molecule has 0 unspecified atom stereocenters. The van der Waals surface area contributed by atoms with Crippen molar-refractivity contribution < 1.29 is 32.6 Å². The highest BCUT2D eigenvalue weighted by Crippen LogP contribution is 2.27. The predicted molar refractivity (Wildman–Crippen MR) is 116 cm³/mol. The molecule has 2 heterocycles. The van der Waals surface area contributed by atoms with E-state index in [1.165, 1.54) is 30.3 Å². The Hall–Kier alpha value is -4.34. The van der Waals surface area contributed by atoms with Crippen LogP contribution >= 0.6 is 0 Å². The highest BCUT2D eigenvalue weighted by Gasteiger charge is 2.32. The van der Waals surface area contributed by atoms with Gasteiger partial charge in [0.2, 0.25) is 0 Å². The normalized spacial score (nSPS) is 11.4. The smallest absolute Gasteiger partial charge is 0.478 e. The van der Waals surface area contributed by atoms with Crippen LogP contribution in [0.3, 0.4) is 0 Å². The molecule has 4 rings (SSSR count). The number of pyridine rings is 1. The number of carbonyl (C=O) groups excluding carboxylic acids is 1. The number of fused-ring (bicyclic) bond motifs is 1. The van der Waals surface area contributed by atoms with Crippen molar-refractivity contribution in [2.75, 3.05) is 0 Å². The van der Waals surface area contributed by atoms with Crippen molar-refractivity contribution in [1.82, 2.24) is 14.7 Å². The van der Waals surface area contributed by atoms with Crippen molar-refractivity contribution >= 4 is 17.5 Å². The number of nitrogens with zero attached hydrogens (tertiary/aromatic N) is 2. The molecule has 0 aliphatic heterocycles. The summed E-state index contributed by atoms with van der Waals surface area (Å²) in [5.74, 6) is -1.67. The largest absolute Gasteiger partial charge is 0.573 e. The quantitative estimate of drug-likeness (QED) is 0.417. The van der Waals surface area contributed by atoms with E-state index in [-0.39, 0.29) is 30.2 Å².